The average Bonchev–Trinajstić information content (AvgIpc) is 2.47. The number of hydrogen-bond acceptors (Lipinski definition) is 2. The minimum Gasteiger partial charge on any atom is -0.370 e. The van der Waals surface area contributed by atoms with E-state index in [0.717, 1.165) is 49.4 Å². The summed E-state index contributed by atoms with van der Waals surface area (Å²) in [6, 6.07) is 7.98. The zero-order valence-electron chi connectivity index (χ0n) is 11.5. The van der Waals surface area contributed by atoms with Crippen LogP contribution in [0.2, 0.25) is 0 Å². The maximum atomic E-state index is 5.35. The molecule has 20 heavy (non-hydrogen) atoms. The Morgan fingerprint density at radius 2 is 1.95 bits per heavy atom. The van der Waals surface area contributed by atoms with Gasteiger partial charge in [0.15, 0.2) is 5.11 Å². The highest BCUT2D eigenvalue weighted by molar-refractivity contribution is 9.10. The van der Waals surface area contributed by atoms with Gasteiger partial charge >= 0.3 is 0 Å². The monoisotopic (exact) mass is 358 g/mol. The number of morpholine rings is 1. The Kier molecular flexibility index (Phi) is 6.72. The van der Waals surface area contributed by atoms with Crippen molar-refractivity contribution in [2.45, 2.75) is 6.42 Å². The summed E-state index contributed by atoms with van der Waals surface area (Å²) in [5, 5.41) is 7.11. The third-order valence-corrected chi connectivity index (χ3v) is 4.07. The predicted octanol–water partition coefficient (Wildman–Crippen LogP) is 1.04. The van der Waals surface area contributed by atoms with Crippen molar-refractivity contribution in [1.82, 2.24) is 5.32 Å². The van der Waals surface area contributed by atoms with E-state index in [4.69, 9.17) is 17.0 Å². The number of benzene rings is 1. The molecular weight excluding hydrogens is 338 g/mol. The van der Waals surface area contributed by atoms with Gasteiger partial charge in [0.25, 0.3) is 0 Å². The van der Waals surface area contributed by atoms with Crippen LogP contribution in [-0.2, 0) is 4.74 Å². The Morgan fingerprint density at radius 3 is 2.65 bits per heavy atom. The Labute approximate surface area is 134 Å². The minimum atomic E-state index is 0.685. The van der Waals surface area contributed by atoms with Crippen molar-refractivity contribution >= 4 is 38.9 Å². The number of thiocarbonyl (C=S) groups is 1. The Morgan fingerprint density at radius 1 is 1.25 bits per heavy atom. The fraction of sp³-hybridized carbons (Fsp3) is 0.500. The molecule has 1 aliphatic rings. The maximum Gasteiger partial charge on any atom is 0.170 e. The first-order valence-electron chi connectivity index (χ1n) is 6.96. The van der Waals surface area contributed by atoms with Crippen LogP contribution in [0.4, 0.5) is 5.69 Å². The van der Waals surface area contributed by atoms with Crippen LogP contribution in [-0.4, -0.2) is 44.5 Å². The lowest BCUT2D eigenvalue weighted by molar-refractivity contribution is -0.908. The lowest BCUT2D eigenvalue weighted by Crippen LogP contribution is -3.14. The maximum absolute atomic E-state index is 5.35. The number of rotatable bonds is 5. The standard InChI is InChI=1S/C14H20BrN3OS/c15-12-2-4-13(5-3-12)17-14(20)16-6-1-7-18-8-10-19-11-9-18/h2-5H,1,6-11H2,(H2,16,17,20)/p+1. The molecule has 6 heteroatoms. The lowest BCUT2D eigenvalue weighted by atomic mass is 10.3. The Balaban J connectivity index is 1.59. The van der Waals surface area contributed by atoms with E-state index in [2.05, 4.69) is 26.6 Å². The van der Waals surface area contributed by atoms with E-state index in [1.54, 1.807) is 4.90 Å². The molecule has 1 saturated heterocycles. The topological polar surface area (TPSA) is 37.7 Å². The van der Waals surface area contributed by atoms with Gasteiger partial charge in [-0.05, 0) is 36.5 Å². The van der Waals surface area contributed by atoms with Gasteiger partial charge in [0.1, 0.15) is 13.1 Å². The van der Waals surface area contributed by atoms with Crippen molar-refractivity contribution in [2.75, 3.05) is 44.7 Å². The zero-order chi connectivity index (χ0) is 14.2. The molecule has 0 radical (unpaired) electrons. The molecule has 1 aromatic carbocycles. The van der Waals surface area contributed by atoms with Crippen LogP contribution in [0, 0.1) is 0 Å². The first kappa shape index (κ1) is 15.7. The van der Waals surface area contributed by atoms with E-state index in [-0.39, 0.29) is 0 Å². The van der Waals surface area contributed by atoms with Crippen molar-refractivity contribution in [1.29, 1.82) is 0 Å². The molecule has 0 atom stereocenters. The van der Waals surface area contributed by atoms with Gasteiger partial charge in [-0.15, -0.1) is 0 Å². The summed E-state index contributed by atoms with van der Waals surface area (Å²) >= 11 is 8.69. The normalized spacial score (nSPS) is 15.8. The van der Waals surface area contributed by atoms with Gasteiger partial charge in [0.05, 0.1) is 19.8 Å². The molecule has 1 aliphatic heterocycles. The molecule has 110 valence electrons. The Bertz CT molecular complexity index is 421. The molecule has 2 rings (SSSR count). The van der Waals surface area contributed by atoms with Crippen LogP contribution in [0.3, 0.4) is 0 Å². The van der Waals surface area contributed by atoms with Crippen molar-refractivity contribution in [2.24, 2.45) is 0 Å². The molecule has 0 aliphatic carbocycles. The molecule has 0 bridgehead atoms. The molecule has 1 fully saturated rings. The number of nitrogens with one attached hydrogen (secondary N) is 3. The van der Waals surface area contributed by atoms with Gasteiger partial charge in [0, 0.05) is 23.1 Å². The molecule has 1 aromatic rings. The highest BCUT2D eigenvalue weighted by atomic mass is 79.9. The van der Waals surface area contributed by atoms with Crippen LogP contribution < -0.4 is 15.5 Å². The first-order chi connectivity index (χ1) is 9.74. The van der Waals surface area contributed by atoms with Crippen LogP contribution in [0.25, 0.3) is 0 Å². The quantitative estimate of drug-likeness (QED) is 0.543. The summed E-state index contributed by atoms with van der Waals surface area (Å²) in [6.07, 6.45) is 1.12. The van der Waals surface area contributed by atoms with E-state index in [0.29, 0.717) is 5.11 Å². The summed E-state index contributed by atoms with van der Waals surface area (Å²) < 4.78 is 6.41. The number of ether oxygens (including phenoxy) is 1. The second-order valence-corrected chi connectivity index (χ2v) is 6.18. The first-order valence-corrected chi connectivity index (χ1v) is 8.16. The van der Waals surface area contributed by atoms with E-state index >= 15 is 0 Å². The summed E-state index contributed by atoms with van der Waals surface area (Å²) in [7, 11) is 0. The lowest BCUT2D eigenvalue weighted by Gasteiger charge is -2.23. The largest absolute Gasteiger partial charge is 0.370 e. The third-order valence-electron chi connectivity index (χ3n) is 3.29. The number of quaternary nitrogens is 1. The van der Waals surface area contributed by atoms with Crippen LogP contribution in [0.5, 0.6) is 0 Å². The zero-order valence-corrected chi connectivity index (χ0v) is 13.9. The van der Waals surface area contributed by atoms with Gasteiger partial charge in [-0.1, -0.05) is 15.9 Å². The summed E-state index contributed by atoms with van der Waals surface area (Å²) in [5.74, 6) is 0. The van der Waals surface area contributed by atoms with Gasteiger partial charge in [-0.25, -0.2) is 0 Å². The van der Waals surface area contributed by atoms with Crippen molar-refractivity contribution in [3.63, 3.8) is 0 Å². The molecule has 0 unspecified atom stereocenters. The van der Waals surface area contributed by atoms with Crippen LogP contribution >= 0.6 is 28.1 Å². The molecule has 0 spiro atoms. The van der Waals surface area contributed by atoms with E-state index in [9.17, 15) is 0 Å². The number of anilines is 1. The molecule has 4 nitrogen and oxygen atoms in total. The number of halogens is 1. The summed E-state index contributed by atoms with van der Waals surface area (Å²) in [6.45, 7) is 6.13. The fourth-order valence-corrected chi connectivity index (χ4v) is 2.64. The second-order valence-electron chi connectivity index (χ2n) is 4.85. The minimum absolute atomic E-state index is 0.685. The van der Waals surface area contributed by atoms with Crippen LogP contribution in [0.15, 0.2) is 28.7 Å². The third kappa shape index (κ3) is 5.75. The van der Waals surface area contributed by atoms with E-state index in [1.165, 1.54) is 6.54 Å². The van der Waals surface area contributed by atoms with Crippen molar-refractivity contribution in [3.05, 3.63) is 28.7 Å². The summed E-state index contributed by atoms with van der Waals surface area (Å²) in [4.78, 5) is 1.63. The summed E-state index contributed by atoms with van der Waals surface area (Å²) in [5.41, 5.74) is 1.00. The molecule has 0 aromatic heterocycles. The molecule has 3 N–H and O–H groups in total. The Hall–Kier alpha value is -0.690. The molecule has 1 heterocycles. The molecule has 0 saturated carbocycles. The fourth-order valence-electron chi connectivity index (χ4n) is 2.16. The average molecular weight is 359 g/mol. The number of hydrogen-bond donors (Lipinski definition) is 3. The molecule has 0 amide bonds. The van der Waals surface area contributed by atoms with Crippen molar-refractivity contribution < 1.29 is 9.64 Å². The SMILES string of the molecule is S=C(NCCC[NH+]1CCOCC1)Nc1ccc(Br)cc1. The van der Waals surface area contributed by atoms with Gasteiger partial charge in [-0.2, -0.15) is 0 Å². The van der Waals surface area contributed by atoms with Gasteiger partial charge in [-0.3, -0.25) is 0 Å². The smallest absolute Gasteiger partial charge is 0.170 e. The van der Waals surface area contributed by atoms with Crippen LogP contribution in [0.1, 0.15) is 6.42 Å². The van der Waals surface area contributed by atoms with Gasteiger partial charge < -0.3 is 20.3 Å². The van der Waals surface area contributed by atoms with Gasteiger partial charge in [0.2, 0.25) is 0 Å². The van der Waals surface area contributed by atoms with Crippen molar-refractivity contribution in [3.8, 4) is 0 Å². The van der Waals surface area contributed by atoms with E-state index < -0.39 is 0 Å². The second kappa shape index (κ2) is 8.56. The highest BCUT2D eigenvalue weighted by Gasteiger charge is 2.12. The van der Waals surface area contributed by atoms with E-state index in [1.807, 2.05) is 24.3 Å². The predicted molar refractivity (Wildman–Crippen MR) is 89.4 cm³/mol. The molecular formula is C14H21BrN3OS+. The highest BCUT2D eigenvalue weighted by Crippen LogP contribution is 2.13.